The van der Waals surface area contributed by atoms with Gasteiger partial charge in [0.25, 0.3) is 0 Å². The molecule has 0 saturated carbocycles. The minimum absolute atomic E-state index is 0.206. The summed E-state index contributed by atoms with van der Waals surface area (Å²) in [4.78, 5) is 10.3. The number of thiophene rings is 1. The van der Waals surface area contributed by atoms with Crippen LogP contribution in [0.15, 0.2) is 168 Å². The van der Waals surface area contributed by atoms with E-state index in [1.165, 1.54) is 69.6 Å². The fourth-order valence-corrected chi connectivity index (χ4v) is 10.8. The number of fused-ring (bicyclic) bond motifs is 13. The van der Waals surface area contributed by atoms with Gasteiger partial charge in [-0.15, -0.1) is 11.3 Å². The average Bonchev–Trinajstić information content (AvgIpc) is 3.98. The molecule has 0 unspecified atom stereocenters. The molecule has 0 spiro atoms. The van der Waals surface area contributed by atoms with Gasteiger partial charge in [0.05, 0.1) is 22.2 Å². The number of benzene rings is 8. The van der Waals surface area contributed by atoms with Gasteiger partial charge in [-0.2, -0.15) is 0 Å². The number of hydrogen-bond donors (Lipinski definition) is 0. The molecule has 13 rings (SSSR count). The van der Waals surface area contributed by atoms with Crippen LogP contribution < -0.4 is 0 Å². The van der Waals surface area contributed by atoms with Crippen LogP contribution in [0.25, 0.3) is 114 Å². The second kappa shape index (κ2) is 11.5. The monoisotopic (exact) mass is 759 g/mol. The van der Waals surface area contributed by atoms with Crippen molar-refractivity contribution in [3.05, 3.63) is 175 Å². The molecule has 0 N–H and O–H groups in total. The zero-order valence-electron chi connectivity index (χ0n) is 31.7. The van der Waals surface area contributed by atoms with Crippen LogP contribution in [0.2, 0.25) is 0 Å². The van der Waals surface area contributed by atoms with Crippen LogP contribution in [0.5, 0.6) is 0 Å². The molecule has 0 bridgehead atoms. The second-order valence-corrected chi connectivity index (χ2v) is 17.2. The third-order valence-corrected chi connectivity index (χ3v) is 13.7. The largest absolute Gasteiger partial charge is 0.456 e. The third kappa shape index (κ3) is 4.39. The maximum Gasteiger partial charge on any atom is 0.160 e. The summed E-state index contributed by atoms with van der Waals surface area (Å²) in [6, 6.07) is 59.2. The van der Waals surface area contributed by atoms with Crippen LogP contribution >= 0.6 is 11.3 Å². The summed E-state index contributed by atoms with van der Waals surface area (Å²) >= 11 is 1.83. The van der Waals surface area contributed by atoms with Crippen molar-refractivity contribution < 1.29 is 4.42 Å². The summed E-state index contributed by atoms with van der Waals surface area (Å²) < 4.78 is 11.4. The van der Waals surface area contributed by atoms with Gasteiger partial charge in [-0.1, -0.05) is 98.8 Å². The highest BCUT2D eigenvalue weighted by atomic mass is 32.1. The Hall–Kier alpha value is -7.08. The molecule has 0 aliphatic heterocycles. The Kier molecular flexibility index (Phi) is 6.36. The summed E-state index contributed by atoms with van der Waals surface area (Å²) in [5.74, 6) is 0.732. The minimum atomic E-state index is -0.206. The molecule has 4 aromatic heterocycles. The van der Waals surface area contributed by atoms with Gasteiger partial charge in [0.1, 0.15) is 11.2 Å². The van der Waals surface area contributed by atoms with Crippen LogP contribution in [0.3, 0.4) is 0 Å². The number of furan rings is 1. The van der Waals surface area contributed by atoms with Crippen molar-refractivity contribution in [2.45, 2.75) is 19.3 Å². The molecule has 4 nitrogen and oxygen atoms in total. The molecule has 5 heteroatoms. The van der Waals surface area contributed by atoms with Gasteiger partial charge in [0, 0.05) is 69.3 Å². The Morgan fingerprint density at radius 2 is 1.17 bits per heavy atom. The van der Waals surface area contributed by atoms with E-state index in [1.54, 1.807) is 0 Å². The second-order valence-electron chi connectivity index (χ2n) is 16.2. The zero-order chi connectivity index (χ0) is 38.3. The third-order valence-electron chi connectivity index (χ3n) is 12.6. The van der Waals surface area contributed by atoms with E-state index >= 15 is 0 Å². The first kappa shape index (κ1) is 32.1. The molecule has 272 valence electrons. The molecule has 0 amide bonds. The predicted octanol–water partition coefficient (Wildman–Crippen LogP) is 14.6. The molecule has 0 atom stereocenters. The van der Waals surface area contributed by atoms with E-state index in [2.05, 4.69) is 164 Å². The van der Waals surface area contributed by atoms with Crippen LogP contribution in [0.1, 0.15) is 25.0 Å². The van der Waals surface area contributed by atoms with Crippen LogP contribution in [-0.2, 0) is 5.41 Å². The number of hydrogen-bond acceptors (Lipinski definition) is 4. The highest BCUT2D eigenvalue weighted by Gasteiger charge is 2.37. The summed E-state index contributed by atoms with van der Waals surface area (Å²) in [5, 5.41) is 8.34. The van der Waals surface area contributed by atoms with Gasteiger partial charge in [-0.3, -0.25) is 0 Å². The van der Waals surface area contributed by atoms with Crippen molar-refractivity contribution in [3.63, 3.8) is 0 Å². The first-order valence-corrected chi connectivity index (χ1v) is 20.6. The van der Waals surface area contributed by atoms with Gasteiger partial charge in [-0.05, 0) is 101 Å². The van der Waals surface area contributed by atoms with Crippen LogP contribution in [0, 0.1) is 0 Å². The van der Waals surface area contributed by atoms with Crippen molar-refractivity contribution in [3.8, 4) is 39.5 Å². The molecule has 0 radical (unpaired) electrons. The zero-order valence-corrected chi connectivity index (χ0v) is 32.6. The first-order valence-electron chi connectivity index (χ1n) is 19.8. The van der Waals surface area contributed by atoms with E-state index in [0.29, 0.717) is 0 Å². The summed E-state index contributed by atoms with van der Waals surface area (Å²) in [6.07, 6.45) is 0. The Morgan fingerprint density at radius 3 is 2.03 bits per heavy atom. The molecular formula is C53H33N3OS. The molecule has 8 aromatic carbocycles. The lowest BCUT2D eigenvalue weighted by molar-refractivity contribution is 0.647. The standard InChI is InChI=1S/C53H33N3OS/c1-53(2)42-28-46-38(26-36(42)37-27-39-34-15-8-11-19-47(34)57-48(39)29-43(37)53)33-14-7-10-18-45(33)56(46)32-21-23-50-41(25-32)40-24-31(20-22-49(40)58-50)52-54-44-17-9-6-16-35(44)51(55-52)30-12-4-3-5-13-30/h3-29H,1-2H3. The highest BCUT2D eigenvalue weighted by molar-refractivity contribution is 7.25. The lowest BCUT2D eigenvalue weighted by atomic mass is 9.82. The topological polar surface area (TPSA) is 43.9 Å². The molecular weight excluding hydrogens is 727 g/mol. The molecule has 1 aliphatic carbocycles. The van der Waals surface area contributed by atoms with Gasteiger partial charge < -0.3 is 8.98 Å². The SMILES string of the molecule is CC1(C)c2cc3oc4ccccc4c3cc2-c2cc3c4ccccc4n(-c4ccc5sc6ccc(-c7nc(-c8ccccc8)c8ccccc8n7)cc6c5c4)c3cc21. The van der Waals surface area contributed by atoms with Crippen molar-refractivity contribution in [2.75, 3.05) is 0 Å². The lowest BCUT2D eigenvalue weighted by Crippen LogP contribution is -2.15. The van der Waals surface area contributed by atoms with E-state index in [1.807, 2.05) is 29.5 Å². The Bertz CT molecular complexity index is 3720. The number of para-hydroxylation sites is 3. The van der Waals surface area contributed by atoms with E-state index < -0.39 is 0 Å². The molecule has 4 heterocycles. The summed E-state index contributed by atoms with van der Waals surface area (Å²) in [5.41, 5.74) is 14.5. The van der Waals surface area contributed by atoms with Gasteiger partial charge in [-0.25, -0.2) is 9.97 Å². The minimum Gasteiger partial charge on any atom is -0.456 e. The van der Waals surface area contributed by atoms with Gasteiger partial charge in [0.2, 0.25) is 0 Å². The summed E-state index contributed by atoms with van der Waals surface area (Å²) in [6.45, 7) is 4.71. The molecule has 12 aromatic rings. The van der Waals surface area contributed by atoms with E-state index in [-0.39, 0.29) is 5.41 Å². The molecule has 1 aliphatic rings. The van der Waals surface area contributed by atoms with Gasteiger partial charge >= 0.3 is 0 Å². The first-order chi connectivity index (χ1) is 28.5. The quantitative estimate of drug-likeness (QED) is 0.180. The summed E-state index contributed by atoms with van der Waals surface area (Å²) in [7, 11) is 0. The number of nitrogens with zero attached hydrogens (tertiary/aromatic N) is 3. The predicted molar refractivity (Wildman–Crippen MR) is 242 cm³/mol. The van der Waals surface area contributed by atoms with Crippen molar-refractivity contribution in [1.29, 1.82) is 0 Å². The van der Waals surface area contributed by atoms with E-state index in [0.717, 1.165) is 55.8 Å². The van der Waals surface area contributed by atoms with E-state index in [9.17, 15) is 0 Å². The van der Waals surface area contributed by atoms with E-state index in [4.69, 9.17) is 14.4 Å². The average molecular weight is 760 g/mol. The Balaban J connectivity index is 1.00. The maximum absolute atomic E-state index is 6.39. The number of rotatable bonds is 3. The normalized spacial score (nSPS) is 13.5. The smallest absolute Gasteiger partial charge is 0.160 e. The maximum atomic E-state index is 6.39. The fraction of sp³-hybridized carbons (Fsp3) is 0.0566. The van der Waals surface area contributed by atoms with Gasteiger partial charge in [0.15, 0.2) is 5.82 Å². The lowest BCUT2D eigenvalue weighted by Gasteiger charge is -2.21. The molecule has 0 saturated heterocycles. The number of aromatic nitrogens is 3. The Morgan fingerprint density at radius 1 is 0.483 bits per heavy atom. The van der Waals surface area contributed by atoms with Crippen LogP contribution in [-0.4, -0.2) is 14.5 Å². The molecule has 0 fully saturated rings. The molecule has 58 heavy (non-hydrogen) atoms. The van der Waals surface area contributed by atoms with Crippen LogP contribution in [0.4, 0.5) is 0 Å². The van der Waals surface area contributed by atoms with Crippen molar-refractivity contribution in [1.82, 2.24) is 14.5 Å². The van der Waals surface area contributed by atoms with Crippen molar-refractivity contribution in [2.24, 2.45) is 0 Å². The fourth-order valence-electron chi connectivity index (χ4n) is 9.75. The highest BCUT2D eigenvalue weighted by Crippen LogP contribution is 2.53. The Labute approximate surface area is 337 Å². The van der Waals surface area contributed by atoms with Crippen molar-refractivity contribution >= 4 is 86.2 Å².